The van der Waals surface area contributed by atoms with Crippen molar-refractivity contribution in [2.24, 2.45) is 0 Å². The average molecular weight is 328 g/mol. The smallest absolute Gasteiger partial charge is 0.317 e. The van der Waals surface area contributed by atoms with Gasteiger partial charge in [0.05, 0.1) is 12.3 Å². The van der Waals surface area contributed by atoms with Crippen molar-refractivity contribution in [1.82, 2.24) is 20.4 Å². The summed E-state index contributed by atoms with van der Waals surface area (Å²) >= 11 is 0. The Labute approximate surface area is 142 Å². The molecule has 1 aliphatic rings. The predicted molar refractivity (Wildman–Crippen MR) is 92.8 cm³/mol. The lowest BCUT2D eigenvalue weighted by atomic mass is 9.93. The molecule has 2 aromatic rings. The number of nitrogens with one attached hydrogen (secondary N) is 2. The number of aromatic nitrogens is 2. The van der Waals surface area contributed by atoms with Crippen molar-refractivity contribution in [2.75, 3.05) is 33.4 Å². The molecule has 24 heavy (non-hydrogen) atoms. The number of amides is 2. The molecule has 6 heteroatoms. The van der Waals surface area contributed by atoms with Crippen LogP contribution in [0.15, 0.2) is 36.4 Å². The minimum atomic E-state index is 0.0000790. The Morgan fingerprint density at radius 1 is 1.33 bits per heavy atom. The first-order valence-electron chi connectivity index (χ1n) is 8.40. The molecule has 6 nitrogen and oxygen atoms in total. The van der Waals surface area contributed by atoms with Gasteiger partial charge in [0.1, 0.15) is 0 Å². The van der Waals surface area contributed by atoms with E-state index >= 15 is 0 Å². The van der Waals surface area contributed by atoms with Gasteiger partial charge in [-0.15, -0.1) is 0 Å². The third-order valence-electron chi connectivity index (χ3n) is 4.47. The lowest BCUT2D eigenvalue weighted by molar-refractivity contribution is 0.169. The largest absolute Gasteiger partial charge is 0.383 e. The SMILES string of the molecule is COCCNC(=O)N1CCC(c2cc(-c3ccccc3)n[nH]2)CC1. The van der Waals surface area contributed by atoms with Crippen molar-refractivity contribution in [3.05, 3.63) is 42.1 Å². The summed E-state index contributed by atoms with van der Waals surface area (Å²) in [6, 6.07) is 12.3. The Morgan fingerprint density at radius 3 is 2.79 bits per heavy atom. The minimum absolute atomic E-state index is 0.0000790. The van der Waals surface area contributed by atoms with Gasteiger partial charge in [0.2, 0.25) is 0 Å². The fraction of sp³-hybridized carbons (Fsp3) is 0.444. The van der Waals surface area contributed by atoms with Crippen molar-refractivity contribution in [3.8, 4) is 11.3 Å². The molecule has 0 unspecified atom stereocenters. The first-order chi connectivity index (χ1) is 11.8. The van der Waals surface area contributed by atoms with Crippen LogP contribution in [-0.2, 0) is 4.74 Å². The van der Waals surface area contributed by atoms with Crippen molar-refractivity contribution in [2.45, 2.75) is 18.8 Å². The van der Waals surface area contributed by atoms with Gasteiger partial charge in [0.25, 0.3) is 0 Å². The van der Waals surface area contributed by atoms with Gasteiger partial charge in [-0.05, 0) is 18.9 Å². The van der Waals surface area contributed by atoms with Gasteiger partial charge in [0, 0.05) is 43.9 Å². The van der Waals surface area contributed by atoms with Gasteiger partial charge in [-0.25, -0.2) is 4.79 Å². The van der Waals surface area contributed by atoms with E-state index in [2.05, 4.69) is 33.7 Å². The third kappa shape index (κ3) is 3.94. The highest BCUT2D eigenvalue weighted by Gasteiger charge is 2.25. The summed E-state index contributed by atoms with van der Waals surface area (Å²) in [5, 5.41) is 10.5. The molecule has 0 radical (unpaired) electrons. The first kappa shape index (κ1) is 16.5. The Bertz CT molecular complexity index is 648. The topological polar surface area (TPSA) is 70.2 Å². The van der Waals surface area contributed by atoms with Gasteiger partial charge in [-0.1, -0.05) is 30.3 Å². The van der Waals surface area contributed by atoms with Crippen molar-refractivity contribution >= 4 is 6.03 Å². The molecule has 2 heterocycles. The Kier molecular flexibility index (Phi) is 5.48. The second kappa shape index (κ2) is 7.97. The standard InChI is InChI=1S/C18H24N4O2/c1-24-12-9-19-18(23)22-10-7-15(8-11-22)17-13-16(20-21-17)14-5-3-2-4-6-14/h2-6,13,15H,7-12H2,1H3,(H,19,23)(H,20,21). The number of methoxy groups -OCH3 is 1. The van der Waals surface area contributed by atoms with E-state index in [4.69, 9.17) is 4.74 Å². The van der Waals surface area contributed by atoms with Gasteiger partial charge >= 0.3 is 6.03 Å². The summed E-state index contributed by atoms with van der Waals surface area (Å²) in [5.74, 6) is 0.429. The fourth-order valence-electron chi connectivity index (χ4n) is 3.07. The van der Waals surface area contributed by atoms with Crippen LogP contribution in [0.25, 0.3) is 11.3 Å². The zero-order valence-electron chi connectivity index (χ0n) is 14.0. The van der Waals surface area contributed by atoms with Gasteiger partial charge in [-0.3, -0.25) is 5.10 Å². The molecule has 0 atom stereocenters. The van der Waals surface area contributed by atoms with Crippen LogP contribution in [-0.4, -0.2) is 54.5 Å². The van der Waals surface area contributed by atoms with Crippen molar-refractivity contribution in [3.63, 3.8) is 0 Å². The maximum absolute atomic E-state index is 12.0. The minimum Gasteiger partial charge on any atom is -0.383 e. The number of ether oxygens (including phenoxy) is 1. The summed E-state index contributed by atoms with van der Waals surface area (Å²) in [7, 11) is 1.63. The van der Waals surface area contributed by atoms with E-state index < -0.39 is 0 Å². The summed E-state index contributed by atoms with van der Waals surface area (Å²) in [5.41, 5.74) is 3.26. The third-order valence-corrected chi connectivity index (χ3v) is 4.47. The lowest BCUT2D eigenvalue weighted by Crippen LogP contribution is -2.44. The molecule has 2 N–H and O–H groups in total. The Hall–Kier alpha value is -2.34. The molecule has 2 amide bonds. The molecule has 0 spiro atoms. The van der Waals surface area contributed by atoms with Gasteiger partial charge in [-0.2, -0.15) is 5.10 Å². The molecular weight excluding hydrogens is 304 g/mol. The van der Waals surface area contributed by atoms with Crippen LogP contribution < -0.4 is 5.32 Å². The van der Waals surface area contributed by atoms with E-state index in [0.717, 1.165) is 42.9 Å². The molecule has 1 saturated heterocycles. The molecule has 1 aliphatic heterocycles. The highest BCUT2D eigenvalue weighted by molar-refractivity contribution is 5.74. The number of carbonyl (C=O) groups excluding carboxylic acids is 1. The molecule has 3 rings (SSSR count). The molecule has 0 aliphatic carbocycles. The molecular formula is C18H24N4O2. The number of likely N-dealkylation sites (tertiary alicyclic amines) is 1. The molecule has 0 saturated carbocycles. The molecule has 1 aromatic heterocycles. The van der Waals surface area contributed by atoms with E-state index in [-0.39, 0.29) is 6.03 Å². The quantitative estimate of drug-likeness (QED) is 0.829. The Balaban J connectivity index is 1.54. The predicted octanol–water partition coefficient (Wildman–Crippen LogP) is 2.61. The first-order valence-corrected chi connectivity index (χ1v) is 8.40. The fourth-order valence-corrected chi connectivity index (χ4v) is 3.07. The van der Waals surface area contributed by atoms with E-state index in [0.29, 0.717) is 19.1 Å². The van der Waals surface area contributed by atoms with E-state index in [1.54, 1.807) is 7.11 Å². The number of aromatic amines is 1. The van der Waals surface area contributed by atoms with E-state index in [9.17, 15) is 4.79 Å². The molecule has 128 valence electrons. The second-order valence-corrected chi connectivity index (χ2v) is 6.06. The molecule has 1 aromatic carbocycles. The average Bonchev–Trinajstić information content (AvgIpc) is 3.13. The van der Waals surface area contributed by atoms with Crippen molar-refractivity contribution < 1.29 is 9.53 Å². The number of urea groups is 1. The highest BCUT2D eigenvalue weighted by atomic mass is 16.5. The van der Waals surface area contributed by atoms with E-state index in [1.807, 2.05) is 23.1 Å². The number of piperidine rings is 1. The molecule has 0 bridgehead atoms. The van der Waals surface area contributed by atoms with Crippen LogP contribution in [0.4, 0.5) is 4.79 Å². The van der Waals surface area contributed by atoms with Crippen LogP contribution in [0.3, 0.4) is 0 Å². The van der Waals surface area contributed by atoms with Crippen molar-refractivity contribution in [1.29, 1.82) is 0 Å². The van der Waals surface area contributed by atoms with Crippen LogP contribution in [0, 0.1) is 0 Å². The van der Waals surface area contributed by atoms with E-state index in [1.165, 1.54) is 0 Å². The van der Waals surface area contributed by atoms with Crippen LogP contribution in [0.1, 0.15) is 24.5 Å². The number of hydrogen-bond donors (Lipinski definition) is 2. The number of benzene rings is 1. The lowest BCUT2D eigenvalue weighted by Gasteiger charge is -2.31. The Morgan fingerprint density at radius 2 is 2.08 bits per heavy atom. The van der Waals surface area contributed by atoms with Crippen LogP contribution in [0.2, 0.25) is 0 Å². The summed E-state index contributed by atoms with van der Waals surface area (Å²) in [6.45, 7) is 2.63. The zero-order chi connectivity index (χ0) is 16.8. The number of H-pyrrole nitrogens is 1. The monoisotopic (exact) mass is 328 g/mol. The maximum Gasteiger partial charge on any atom is 0.317 e. The highest BCUT2D eigenvalue weighted by Crippen LogP contribution is 2.29. The second-order valence-electron chi connectivity index (χ2n) is 6.06. The van der Waals surface area contributed by atoms with Crippen LogP contribution in [0.5, 0.6) is 0 Å². The summed E-state index contributed by atoms with van der Waals surface area (Å²) in [4.78, 5) is 13.9. The number of hydrogen-bond acceptors (Lipinski definition) is 3. The van der Waals surface area contributed by atoms with Gasteiger partial charge < -0.3 is 15.0 Å². The zero-order valence-corrected chi connectivity index (χ0v) is 14.0. The molecule has 1 fully saturated rings. The van der Waals surface area contributed by atoms with Crippen LogP contribution >= 0.6 is 0 Å². The summed E-state index contributed by atoms with van der Waals surface area (Å²) < 4.78 is 4.95. The maximum atomic E-state index is 12.0. The normalized spacial score (nSPS) is 15.5. The van der Waals surface area contributed by atoms with Gasteiger partial charge in [0.15, 0.2) is 0 Å². The number of carbonyl (C=O) groups is 1. The number of nitrogens with zero attached hydrogens (tertiary/aromatic N) is 2. The summed E-state index contributed by atoms with van der Waals surface area (Å²) in [6.07, 6.45) is 1.91. The number of rotatable bonds is 5.